The van der Waals surface area contributed by atoms with E-state index in [4.69, 9.17) is 4.74 Å². The molecule has 5 heteroatoms. The number of hydrogen-bond donors (Lipinski definition) is 0. The summed E-state index contributed by atoms with van der Waals surface area (Å²) in [6, 6.07) is 2.99. The Balaban J connectivity index is 2.11. The van der Waals surface area contributed by atoms with E-state index < -0.39 is 0 Å². The molecule has 1 aromatic rings. The monoisotopic (exact) mass is 265 g/mol. The topological polar surface area (TPSA) is 46.6 Å². The average Bonchev–Trinajstić information content (AvgIpc) is 2.79. The third kappa shape index (κ3) is 2.92. The lowest BCUT2D eigenvalue weighted by atomic mass is 10.1. The van der Waals surface area contributed by atoms with Gasteiger partial charge in [0.25, 0.3) is 5.91 Å². The van der Waals surface area contributed by atoms with Crippen molar-refractivity contribution in [2.24, 2.45) is 5.92 Å². The lowest BCUT2D eigenvalue weighted by molar-refractivity contribution is -0.130. The molecule has 0 fully saturated rings. The number of amides is 1. The van der Waals surface area contributed by atoms with Crippen molar-refractivity contribution in [1.29, 1.82) is 0 Å². The quantitative estimate of drug-likeness (QED) is 0.769. The number of hydrogen-bond acceptors (Lipinski definition) is 3. The van der Waals surface area contributed by atoms with Crippen LogP contribution in [0.5, 0.6) is 5.75 Å². The predicted molar refractivity (Wildman–Crippen MR) is 67.6 cm³/mol. The number of aldehydes is 1. The summed E-state index contributed by atoms with van der Waals surface area (Å²) in [5.74, 6) is -0.373. The van der Waals surface area contributed by atoms with E-state index in [1.165, 1.54) is 11.0 Å². The Morgan fingerprint density at radius 2 is 2.21 bits per heavy atom. The van der Waals surface area contributed by atoms with Gasteiger partial charge in [-0.25, -0.2) is 4.39 Å². The number of ether oxygens (including phenoxy) is 1. The maximum Gasteiger partial charge on any atom is 0.259 e. The first kappa shape index (κ1) is 13.5. The minimum absolute atomic E-state index is 0.123. The van der Waals surface area contributed by atoms with Crippen molar-refractivity contribution in [3.8, 4) is 5.75 Å². The van der Waals surface area contributed by atoms with Crippen molar-refractivity contribution in [3.63, 3.8) is 0 Å². The number of nitrogens with zero attached hydrogens (tertiary/aromatic N) is 1. The maximum atomic E-state index is 13.9. The van der Waals surface area contributed by atoms with E-state index in [1.54, 1.807) is 20.2 Å². The molecule has 1 aliphatic rings. The molecule has 1 atom stereocenters. The Hall–Kier alpha value is -1.91. The summed E-state index contributed by atoms with van der Waals surface area (Å²) in [7, 11) is 3.26. The third-order valence-corrected chi connectivity index (χ3v) is 3.26. The molecule has 1 unspecified atom stereocenters. The van der Waals surface area contributed by atoms with Crippen LogP contribution in [0, 0.1) is 11.7 Å². The van der Waals surface area contributed by atoms with E-state index in [2.05, 4.69) is 0 Å². The molecule has 0 saturated heterocycles. The zero-order valence-electron chi connectivity index (χ0n) is 11.0. The second kappa shape index (κ2) is 5.38. The minimum Gasteiger partial charge on any atom is -0.484 e. The molecule has 1 aromatic carbocycles. The van der Waals surface area contributed by atoms with Crippen LogP contribution < -0.4 is 4.74 Å². The molecule has 102 valence electrons. The van der Waals surface area contributed by atoms with Crippen LogP contribution in [0.1, 0.15) is 11.1 Å². The molecule has 0 aliphatic heterocycles. The predicted octanol–water partition coefficient (Wildman–Crippen LogP) is 1.21. The van der Waals surface area contributed by atoms with Crippen molar-refractivity contribution < 1.29 is 18.7 Å². The fourth-order valence-corrected chi connectivity index (χ4v) is 2.15. The van der Waals surface area contributed by atoms with Gasteiger partial charge in [0.1, 0.15) is 17.9 Å². The molecule has 0 bridgehead atoms. The Kier molecular flexibility index (Phi) is 3.83. The molecule has 0 aromatic heterocycles. The fourth-order valence-electron chi connectivity index (χ4n) is 2.15. The van der Waals surface area contributed by atoms with Gasteiger partial charge in [0, 0.05) is 26.1 Å². The van der Waals surface area contributed by atoms with Gasteiger partial charge in [-0.3, -0.25) is 4.79 Å². The third-order valence-electron chi connectivity index (χ3n) is 3.26. The zero-order valence-corrected chi connectivity index (χ0v) is 11.0. The molecular weight excluding hydrogens is 249 g/mol. The summed E-state index contributed by atoms with van der Waals surface area (Å²) in [6.07, 6.45) is 1.84. The first-order valence-corrected chi connectivity index (χ1v) is 6.10. The highest BCUT2D eigenvalue weighted by molar-refractivity contribution is 5.77. The van der Waals surface area contributed by atoms with E-state index in [1.807, 2.05) is 0 Å². The Bertz CT molecular complexity index is 514. The van der Waals surface area contributed by atoms with E-state index in [9.17, 15) is 14.0 Å². The van der Waals surface area contributed by atoms with E-state index in [0.717, 1.165) is 11.8 Å². The highest BCUT2D eigenvalue weighted by Crippen LogP contribution is 2.31. The summed E-state index contributed by atoms with van der Waals surface area (Å²) in [4.78, 5) is 23.6. The van der Waals surface area contributed by atoms with Gasteiger partial charge in [-0.2, -0.15) is 0 Å². The number of rotatable bonds is 4. The first-order valence-electron chi connectivity index (χ1n) is 6.10. The van der Waals surface area contributed by atoms with Crippen LogP contribution in [-0.2, 0) is 22.4 Å². The van der Waals surface area contributed by atoms with Crippen LogP contribution in [0.2, 0.25) is 0 Å². The minimum atomic E-state index is -0.367. The summed E-state index contributed by atoms with van der Waals surface area (Å²) in [5, 5.41) is 0. The van der Waals surface area contributed by atoms with Crippen molar-refractivity contribution in [2.45, 2.75) is 12.8 Å². The summed E-state index contributed by atoms with van der Waals surface area (Å²) in [6.45, 7) is -0.123. The molecule has 1 amide bonds. The van der Waals surface area contributed by atoms with Gasteiger partial charge in [-0.1, -0.05) is 0 Å². The first-order chi connectivity index (χ1) is 9.01. The van der Waals surface area contributed by atoms with Gasteiger partial charge in [0.15, 0.2) is 6.61 Å². The van der Waals surface area contributed by atoms with E-state index >= 15 is 0 Å². The van der Waals surface area contributed by atoms with Gasteiger partial charge in [0.05, 0.1) is 0 Å². The average molecular weight is 265 g/mol. The van der Waals surface area contributed by atoms with Crippen molar-refractivity contribution in [1.82, 2.24) is 4.90 Å². The van der Waals surface area contributed by atoms with Gasteiger partial charge in [-0.15, -0.1) is 0 Å². The number of fused-ring (bicyclic) bond motifs is 1. The van der Waals surface area contributed by atoms with Gasteiger partial charge in [-0.05, 0) is 30.0 Å². The molecule has 19 heavy (non-hydrogen) atoms. The summed E-state index contributed by atoms with van der Waals surface area (Å²) < 4.78 is 19.1. The molecule has 0 N–H and O–H groups in total. The van der Waals surface area contributed by atoms with Crippen LogP contribution in [0.4, 0.5) is 4.39 Å². The molecule has 0 saturated carbocycles. The normalized spacial score (nSPS) is 16.9. The zero-order chi connectivity index (χ0) is 14.0. The van der Waals surface area contributed by atoms with E-state index in [-0.39, 0.29) is 24.2 Å². The van der Waals surface area contributed by atoms with Gasteiger partial charge in [0.2, 0.25) is 0 Å². The molecule has 0 spiro atoms. The number of likely N-dealkylation sites (N-methyl/N-ethyl adjacent to an activating group) is 1. The van der Waals surface area contributed by atoms with Crippen LogP contribution in [0.25, 0.3) is 0 Å². The maximum absolute atomic E-state index is 13.9. The number of carbonyl (C=O) groups excluding carboxylic acids is 2. The SMILES string of the molecule is CN(C)C(=O)COc1cc(F)c2c(c1)CC(C=O)C2. The molecule has 0 heterocycles. The smallest absolute Gasteiger partial charge is 0.259 e. The Labute approximate surface area is 111 Å². The molecule has 1 aliphatic carbocycles. The Morgan fingerprint density at radius 3 is 2.84 bits per heavy atom. The number of carbonyl (C=O) groups is 2. The van der Waals surface area contributed by atoms with Crippen LogP contribution >= 0.6 is 0 Å². The van der Waals surface area contributed by atoms with E-state index in [0.29, 0.717) is 24.2 Å². The summed E-state index contributed by atoms with van der Waals surface area (Å²) >= 11 is 0. The molecule has 0 radical (unpaired) electrons. The Morgan fingerprint density at radius 1 is 1.47 bits per heavy atom. The molecule has 4 nitrogen and oxygen atoms in total. The molecule has 2 rings (SSSR count). The van der Waals surface area contributed by atoms with Crippen molar-refractivity contribution in [3.05, 3.63) is 29.1 Å². The van der Waals surface area contributed by atoms with Crippen molar-refractivity contribution in [2.75, 3.05) is 20.7 Å². The van der Waals surface area contributed by atoms with Gasteiger partial charge < -0.3 is 14.4 Å². The lowest BCUT2D eigenvalue weighted by Crippen LogP contribution is -2.27. The second-order valence-corrected chi connectivity index (χ2v) is 4.92. The highest BCUT2D eigenvalue weighted by atomic mass is 19.1. The van der Waals surface area contributed by atoms with Crippen LogP contribution in [0.15, 0.2) is 12.1 Å². The van der Waals surface area contributed by atoms with Crippen molar-refractivity contribution >= 4 is 12.2 Å². The van der Waals surface area contributed by atoms with Crippen LogP contribution in [0.3, 0.4) is 0 Å². The van der Waals surface area contributed by atoms with Crippen LogP contribution in [-0.4, -0.2) is 37.8 Å². The summed E-state index contributed by atoms with van der Waals surface area (Å²) in [5.41, 5.74) is 1.38. The number of benzene rings is 1. The lowest BCUT2D eigenvalue weighted by Gasteiger charge is -2.12. The largest absolute Gasteiger partial charge is 0.484 e. The standard InChI is InChI=1S/C14H16FNO3/c1-16(2)14(18)8-19-11-5-10-3-9(7-17)4-12(10)13(15)6-11/h5-7,9H,3-4,8H2,1-2H3. The second-order valence-electron chi connectivity index (χ2n) is 4.92. The van der Waals surface area contributed by atoms with Gasteiger partial charge >= 0.3 is 0 Å². The number of halogens is 1. The fraction of sp³-hybridized carbons (Fsp3) is 0.429. The molecular formula is C14H16FNO3. The highest BCUT2D eigenvalue weighted by Gasteiger charge is 2.25.